The molecule has 0 atom stereocenters. The van der Waals surface area contributed by atoms with Crippen molar-refractivity contribution in [3.63, 3.8) is 0 Å². The van der Waals surface area contributed by atoms with Gasteiger partial charge < -0.3 is 14.8 Å². The molecule has 0 aliphatic carbocycles. The lowest BCUT2D eigenvalue weighted by Crippen LogP contribution is -2.23. The van der Waals surface area contributed by atoms with Crippen LogP contribution < -0.4 is 14.8 Å². The summed E-state index contributed by atoms with van der Waals surface area (Å²) >= 11 is 0. The van der Waals surface area contributed by atoms with Crippen molar-refractivity contribution in [1.82, 2.24) is 10.3 Å². The number of nitrogens with one attached hydrogen (secondary N) is 1. The predicted octanol–water partition coefficient (Wildman–Crippen LogP) is 3.42. The molecule has 5 heteroatoms. The first-order chi connectivity index (χ1) is 12.3. The summed E-state index contributed by atoms with van der Waals surface area (Å²) in [6.07, 6.45) is 0. The van der Waals surface area contributed by atoms with Gasteiger partial charge in [0.25, 0.3) is 5.91 Å². The summed E-state index contributed by atoms with van der Waals surface area (Å²) in [5, 5.41) is 3.71. The van der Waals surface area contributed by atoms with Gasteiger partial charge in [0.05, 0.1) is 16.8 Å². The second-order valence-corrected chi connectivity index (χ2v) is 5.79. The first kappa shape index (κ1) is 15.4. The van der Waals surface area contributed by atoms with E-state index >= 15 is 0 Å². The number of carbonyl (C=O) groups excluding carboxylic acids is 1. The molecule has 0 bridgehead atoms. The molecular weight excluding hydrogens is 316 g/mol. The normalized spacial score (nSPS) is 12.8. The van der Waals surface area contributed by atoms with E-state index in [-0.39, 0.29) is 5.91 Å². The molecule has 2 aromatic carbocycles. The number of rotatable bonds is 3. The lowest BCUT2D eigenvalue weighted by atomic mass is 10.0. The molecule has 0 saturated heterocycles. The van der Waals surface area contributed by atoms with Crippen LogP contribution in [0.25, 0.3) is 22.2 Å². The van der Waals surface area contributed by atoms with Gasteiger partial charge in [0.15, 0.2) is 11.5 Å². The monoisotopic (exact) mass is 334 g/mol. The summed E-state index contributed by atoms with van der Waals surface area (Å²) < 4.78 is 11.2. The van der Waals surface area contributed by atoms with Gasteiger partial charge in [-0.25, -0.2) is 4.98 Å². The first-order valence-electron chi connectivity index (χ1n) is 8.34. The summed E-state index contributed by atoms with van der Waals surface area (Å²) in [6, 6.07) is 15.2. The molecule has 2 heterocycles. The Hall–Kier alpha value is -3.08. The average Bonchev–Trinajstić information content (AvgIpc) is 2.67. The third-order valence-electron chi connectivity index (χ3n) is 4.14. The van der Waals surface area contributed by atoms with Crippen molar-refractivity contribution in [3.8, 4) is 22.8 Å². The third kappa shape index (κ3) is 2.89. The third-order valence-corrected chi connectivity index (χ3v) is 4.14. The highest BCUT2D eigenvalue weighted by Gasteiger charge is 2.16. The fraction of sp³-hybridized carbons (Fsp3) is 0.200. The van der Waals surface area contributed by atoms with Crippen LogP contribution in [0.5, 0.6) is 11.5 Å². The van der Waals surface area contributed by atoms with E-state index in [1.807, 2.05) is 55.5 Å². The first-order valence-corrected chi connectivity index (χ1v) is 8.34. The van der Waals surface area contributed by atoms with E-state index in [0.29, 0.717) is 31.1 Å². The van der Waals surface area contributed by atoms with Crippen LogP contribution >= 0.6 is 0 Å². The van der Waals surface area contributed by atoms with Crippen molar-refractivity contribution < 1.29 is 14.3 Å². The number of benzene rings is 2. The standard InChI is InChI=1S/C20H18N2O3/c1-2-21-20(23)15-12-17(22-16-6-4-3-5-14(15)16)13-7-8-18-19(11-13)25-10-9-24-18/h3-8,11-12H,2,9-10H2,1H3,(H,21,23). The molecule has 1 amide bonds. The smallest absolute Gasteiger partial charge is 0.252 e. The van der Waals surface area contributed by atoms with Crippen molar-refractivity contribution in [1.29, 1.82) is 0 Å². The van der Waals surface area contributed by atoms with Crippen LogP contribution in [0.15, 0.2) is 48.5 Å². The summed E-state index contributed by atoms with van der Waals surface area (Å²) in [4.78, 5) is 17.2. The zero-order valence-corrected chi connectivity index (χ0v) is 13.9. The van der Waals surface area contributed by atoms with Gasteiger partial charge in [-0.15, -0.1) is 0 Å². The Bertz CT molecular complexity index is 953. The number of nitrogens with zero attached hydrogens (tertiary/aromatic N) is 1. The maximum Gasteiger partial charge on any atom is 0.252 e. The molecule has 126 valence electrons. The van der Waals surface area contributed by atoms with Gasteiger partial charge in [-0.1, -0.05) is 18.2 Å². The topological polar surface area (TPSA) is 60.5 Å². The van der Waals surface area contributed by atoms with Crippen LogP contribution in [0.1, 0.15) is 17.3 Å². The van der Waals surface area contributed by atoms with Gasteiger partial charge in [0, 0.05) is 17.5 Å². The van der Waals surface area contributed by atoms with E-state index in [1.165, 1.54) is 0 Å². The minimum Gasteiger partial charge on any atom is -0.486 e. The van der Waals surface area contributed by atoms with Crippen LogP contribution in [0.3, 0.4) is 0 Å². The number of hydrogen-bond acceptors (Lipinski definition) is 4. The molecule has 0 spiro atoms. The molecule has 1 N–H and O–H groups in total. The minimum atomic E-state index is -0.0973. The molecule has 0 radical (unpaired) electrons. The van der Waals surface area contributed by atoms with E-state index in [4.69, 9.17) is 14.5 Å². The number of fused-ring (bicyclic) bond motifs is 2. The largest absolute Gasteiger partial charge is 0.486 e. The molecule has 1 aromatic heterocycles. The molecule has 25 heavy (non-hydrogen) atoms. The van der Waals surface area contributed by atoms with E-state index in [0.717, 1.165) is 27.9 Å². The predicted molar refractivity (Wildman–Crippen MR) is 96.2 cm³/mol. The fourth-order valence-corrected chi connectivity index (χ4v) is 2.97. The van der Waals surface area contributed by atoms with Gasteiger partial charge in [0.2, 0.25) is 0 Å². The van der Waals surface area contributed by atoms with Crippen LogP contribution in [0, 0.1) is 0 Å². The van der Waals surface area contributed by atoms with Crippen molar-refractivity contribution in [2.24, 2.45) is 0 Å². The van der Waals surface area contributed by atoms with E-state index < -0.39 is 0 Å². The van der Waals surface area contributed by atoms with Crippen molar-refractivity contribution in [2.75, 3.05) is 19.8 Å². The number of para-hydroxylation sites is 1. The SMILES string of the molecule is CCNC(=O)c1cc(-c2ccc3c(c2)OCCO3)nc2ccccc12. The lowest BCUT2D eigenvalue weighted by molar-refractivity contribution is 0.0957. The van der Waals surface area contributed by atoms with Gasteiger partial charge >= 0.3 is 0 Å². The Morgan fingerprint density at radius 1 is 1.08 bits per heavy atom. The molecule has 0 unspecified atom stereocenters. The van der Waals surface area contributed by atoms with E-state index in [1.54, 1.807) is 0 Å². The van der Waals surface area contributed by atoms with Gasteiger partial charge in [0.1, 0.15) is 13.2 Å². The maximum absolute atomic E-state index is 12.5. The van der Waals surface area contributed by atoms with Crippen molar-refractivity contribution in [3.05, 3.63) is 54.1 Å². The molecule has 4 rings (SSSR count). The Kier molecular flexibility index (Phi) is 3.98. The van der Waals surface area contributed by atoms with E-state index in [2.05, 4.69) is 5.32 Å². The zero-order chi connectivity index (χ0) is 17.2. The second kappa shape index (κ2) is 6.43. The summed E-state index contributed by atoms with van der Waals surface area (Å²) in [5.74, 6) is 1.35. The number of ether oxygens (including phenoxy) is 2. The highest BCUT2D eigenvalue weighted by atomic mass is 16.6. The molecule has 0 saturated carbocycles. The fourth-order valence-electron chi connectivity index (χ4n) is 2.97. The Morgan fingerprint density at radius 2 is 1.88 bits per heavy atom. The summed E-state index contributed by atoms with van der Waals surface area (Å²) in [6.45, 7) is 3.57. The molecular formula is C20H18N2O3. The van der Waals surface area contributed by atoms with Gasteiger partial charge in [-0.2, -0.15) is 0 Å². The van der Waals surface area contributed by atoms with Crippen LogP contribution in [0.2, 0.25) is 0 Å². The van der Waals surface area contributed by atoms with Crippen LogP contribution in [-0.2, 0) is 0 Å². The summed E-state index contributed by atoms with van der Waals surface area (Å²) in [7, 11) is 0. The maximum atomic E-state index is 12.5. The van der Waals surface area contributed by atoms with Crippen LogP contribution in [-0.4, -0.2) is 30.6 Å². The quantitative estimate of drug-likeness (QED) is 0.797. The molecule has 0 fully saturated rings. The van der Waals surface area contributed by atoms with Crippen molar-refractivity contribution in [2.45, 2.75) is 6.92 Å². The van der Waals surface area contributed by atoms with Crippen molar-refractivity contribution >= 4 is 16.8 Å². The number of amides is 1. The Morgan fingerprint density at radius 3 is 2.72 bits per heavy atom. The van der Waals surface area contributed by atoms with Gasteiger partial charge in [-0.05, 0) is 37.3 Å². The summed E-state index contributed by atoms with van der Waals surface area (Å²) in [5.41, 5.74) is 3.03. The minimum absolute atomic E-state index is 0.0973. The second-order valence-electron chi connectivity index (χ2n) is 5.79. The Balaban J connectivity index is 1.86. The molecule has 5 nitrogen and oxygen atoms in total. The molecule has 1 aliphatic rings. The number of pyridine rings is 1. The van der Waals surface area contributed by atoms with Crippen LogP contribution in [0.4, 0.5) is 0 Å². The molecule has 3 aromatic rings. The highest BCUT2D eigenvalue weighted by Crippen LogP contribution is 2.35. The zero-order valence-electron chi connectivity index (χ0n) is 13.9. The van der Waals surface area contributed by atoms with Gasteiger partial charge in [-0.3, -0.25) is 4.79 Å². The number of aromatic nitrogens is 1. The Labute approximate surface area is 145 Å². The number of hydrogen-bond donors (Lipinski definition) is 1. The number of carbonyl (C=O) groups is 1. The van der Waals surface area contributed by atoms with E-state index in [9.17, 15) is 4.79 Å². The molecule has 1 aliphatic heterocycles. The average molecular weight is 334 g/mol. The lowest BCUT2D eigenvalue weighted by Gasteiger charge is -2.19. The highest BCUT2D eigenvalue weighted by molar-refractivity contribution is 6.07.